The summed E-state index contributed by atoms with van der Waals surface area (Å²) in [6.07, 6.45) is 8.09. The number of carbonyl (C=O) groups is 3. The lowest BCUT2D eigenvalue weighted by molar-refractivity contribution is -0.145. The Hall–Kier alpha value is -2.66. The first-order chi connectivity index (χ1) is 19.0. The largest absolute Gasteiger partial charge is 0.394 e. The highest BCUT2D eigenvalue weighted by molar-refractivity contribution is 8.02. The normalized spacial score (nSPS) is 33.6. The first kappa shape index (κ1) is 26.6. The number of hydrogen-bond acceptors (Lipinski definition) is 7. The van der Waals surface area contributed by atoms with Gasteiger partial charge in [0.15, 0.2) is 0 Å². The summed E-state index contributed by atoms with van der Waals surface area (Å²) in [6.45, 7) is 6.77. The SMILES string of the molecule is C[C@H](CO)N1C(=O)[C@@H]2[C@H]3C(=O)N(c4ccccc4)CC=C[C@H]3S[C@@]23C=CCN(CCN2CCOCC2)C(=O)C13. The van der Waals surface area contributed by atoms with E-state index in [-0.39, 0.29) is 29.6 Å². The number of amides is 3. The molecule has 0 aliphatic carbocycles. The van der Waals surface area contributed by atoms with Crippen LogP contribution in [0.15, 0.2) is 54.6 Å². The molecule has 0 saturated carbocycles. The topological polar surface area (TPSA) is 93.6 Å². The summed E-state index contributed by atoms with van der Waals surface area (Å²) in [5.74, 6) is -1.70. The summed E-state index contributed by atoms with van der Waals surface area (Å²) in [6, 6.07) is 8.22. The van der Waals surface area contributed by atoms with Gasteiger partial charge in [0, 0.05) is 50.2 Å². The predicted octanol–water partition coefficient (Wildman–Crippen LogP) is 0.998. The Labute approximate surface area is 233 Å². The molecule has 3 fully saturated rings. The Kier molecular flexibility index (Phi) is 7.30. The molecule has 39 heavy (non-hydrogen) atoms. The number of fused-ring (bicyclic) bond motifs is 2. The van der Waals surface area contributed by atoms with Gasteiger partial charge in [0.2, 0.25) is 17.7 Å². The van der Waals surface area contributed by atoms with Crippen LogP contribution in [0.1, 0.15) is 6.92 Å². The molecule has 3 saturated heterocycles. The second kappa shape index (κ2) is 10.7. The number of likely N-dealkylation sites (tertiary alicyclic amines) is 1. The van der Waals surface area contributed by atoms with E-state index in [2.05, 4.69) is 4.90 Å². The number of nitrogens with zero attached hydrogens (tertiary/aromatic N) is 4. The molecular weight excluding hydrogens is 516 g/mol. The lowest BCUT2D eigenvalue weighted by atomic mass is 9.78. The minimum absolute atomic E-state index is 0.0922. The Morgan fingerprint density at radius 3 is 2.54 bits per heavy atom. The van der Waals surface area contributed by atoms with Crippen LogP contribution >= 0.6 is 11.8 Å². The minimum Gasteiger partial charge on any atom is -0.394 e. The zero-order chi connectivity index (χ0) is 27.1. The van der Waals surface area contributed by atoms with Gasteiger partial charge in [-0.2, -0.15) is 0 Å². The van der Waals surface area contributed by atoms with Gasteiger partial charge in [-0.05, 0) is 19.1 Å². The van der Waals surface area contributed by atoms with E-state index in [0.29, 0.717) is 32.8 Å². The number of morpholine rings is 1. The highest BCUT2D eigenvalue weighted by Crippen LogP contribution is 2.61. The lowest BCUT2D eigenvalue weighted by Crippen LogP contribution is -2.56. The van der Waals surface area contributed by atoms with Crippen LogP contribution < -0.4 is 4.90 Å². The van der Waals surface area contributed by atoms with Gasteiger partial charge in [0.05, 0.1) is 42.4 Å². The van der Waals surface area contributed by atoms with Crippen molar-refractivity contribution in [3.63, 3.8) is 0 Å². The van der Waals surface area contributed by atoms with Crippen LogP contribution in [0.4, 0.5) is 5.69 Å². The number of aliphatic hydroxyl groups excluding tert-OH is 1. The zero-order valence-electron chi connectivity index (χ0n) is 22.2. The molecule has 208 valence electrons. The number of anilines is 1. The van der Waals surface area contributed by atoms with E-state index in [4.69, 9.17) is 4.74 Å². The summed E-state index contributed by atoms with van der Waals surface area (Å²) in [7, 11) is 0. The smallest absolute Gasteiger partial charge is 0.247 e. The molecule has 1 N–H and O–H groups in total. The Balaban J connectivity index is 1.35. The lowest BCUT2D eigenvalue weighted by Gasteiger charge is -2.38. The van der Waals surface area contributed by atoms with Crippen molar-refractivity contribution in [2.45, 2.75) is 29.0 Å². The van der Waals surface area contributed by atoms with Gasteiger partial charge in [0.1, 0.15) is 6.04 Å². The number of para-hydroxylation sites is 1. The standard InChI is InChI=1S/C29H36N4O5S/c1-20(19-34)33-25-28(37)31(14-13-30-15-17-38-18-16-30)11-6-10-29(25)24(27(33)36)23-22(39-29)9-5-12-32(26(23)35)21-7-3-2-4-8-21/h2-10,20,22-25,34H,11-19H2,1H3/t20-,22-,23+,24+,25?,29+/m1/s1. The third kappa shape index (κ3) is 4.41. The summed E-state index contributed by atoms with van der Waals surface area (Å²) < 4.78 is 4.59. The molecule has 6 atom stereocenters. The second-order valence-electron chi connectivity index (χ2n) is 11.0. The van der Waals surface area contributed by atoms with Crippen molar-refractivity contribution in [3.05, 3.63) is 54.6 Å². The van der Waals surface area contributed by atoms with E-state index in [0.717, 1.165) is 25.3 Å². The van der Waals surface area contributed by atoms with E-state index < -0.39 is 28.7 Å². The third-order valence-electron chi connectivity index (χ3n) is 8.78. The van der Waals surface area contributed by atoms with Gasteiger partial charge in [0.25, 0.3) is 0 Å². The number of thioether (sulfide) groups is 1. The molecule has 9 nitrogen and oxygen atoms in total. The fourth-order valence-corrected chi connectivity index (χ4v) is 8.81. The van der Waals surface area contributed by atoms with Gasteiger partial charge in [-0.25, -0.2) is 0 Å². The number of benzene rings is 1. The minimum atomic E-state index is -0.875. The van der Waals surface area contributed by atoms with Crippen molar-refractivity contribution in [1.82, 2.24) is 14.7 Å². The summed E-state index contributed by atoms with van der Waals surface area (Å²) >= 11 is 1.57. The molecule has 0 radical (unpaired) electrons. The van der Waals surface area contributed by atoms with E-state index in [1.54, 1.807) is 28.5 Å². The van der Waals surface area contributed by atoms with Crippen molar-refractivity contribution in [2.24, 2.45) is 11.8 Å². The van der Waals surface area contributed by atoms with Crippen molar-refractivity contribution >= 4 is 35.2 Å². The molecule has 5 heterocycles. The Morgan fingerprint density at radius 2 is 1.79 bits per heavy atom. The average molecular weight is 553 g/mol. The number of rotatable bonds is 6. The second-order valence-corrected chi connectivity index (χ2v) is 12.5. The van der Waals surface area contributed by atoms with Crippen molar-refractivity contribution in [3.8, 4) is 0 Å². The van der Waals surface area contributed by atoms with Crippen LogP contribution in [0.2, 0.25) is 0 Å². The first-order valence-corrected chi connectivity index (χ1v) is 14.7. The quantitative estimate of drug-likeness (QED) is 0.527. The van der Waals surface area contributed by atoms with E-state index in [1.165, 1.54) is 0 Å². The molecule has 0 bridgehead atoms. The van der Waals surface area contributed by atoms with Crippen LogP contribution in [0.25, 0.3) is 0 Å². The Morgan fingerprint density at radius 1 is 1.03 bits per heavy atom. The number of hydrogen-bond donors (Lipinski definition) is 1. The maximum atomic E-state index is 14.3. The van der Waals surface area contributed by atoms with Gasteiger partial charge >= 0.3 is 0 Å². The number of carbonyl (C=O) groups excluding carboxylic acids is 3. The van der Waals surface area contributed by atoms with E-state index in [9.17, 15) is 19.5 Å². The van der Waals surface area contributed by atoms with E-state index >= 15 is 0 Å². The maximum absolute atomic E-state index is 14.3. The summed E-state index contributed by atoms with van der Waals surface area (Å²) in [5.41, 5.74) is 0.795. The van der Waals surface area contributed by atoms with Gasteiger partial charge in [-0.1, -0.05) is 42.5 Å². The van der Waals surface area contributed by atoms with Crippen LogP contribution in [0.5, 0.6) is 0 Å². The van der Waals surface area contributed by atoms with Crippen LogP contribution in [-0.4, -0.2) is 119 Å². The van der Waals surface area contributed by atoms with Gasteiger partial charge in [-0.15, -0.1) is 11.8 Å². The third-order valence-corrected chi connectivity index (χ3v) is 10.5. The number of ether oxygens (including phenoxy) is 1. The molecule has 5 aliphatic heterocycles. The molecule has 0 aromatic heterocycles. The van der Waals surface area contributed by atoms with Crippen molar-refractivity contribution < 1.29 is 24.2 Å². The summed E-state index contributed by atoms with van der Waals surface area (Å²) in [4.78, 5) is 50.2. The maximum Gasteiger partial charge on any atom is 0.247 e. The first-order valence-electron chi connectivity index (χ1n) is 13.9. The fraction of sp³-hybridized carbons (Fsp3) is 0.552. The van der Waals surface area contributed by atoms with Crippen molar-refractivity contribution in [1.29, 1.82) is 0 Å². The molecule has 3 amide bonds. The van der Waals surface area contributed by atoms with Gasteiger partial charge in [-0.3, -0.25) is 19.3 Å². The monoisotopic (exact) mass is 552 g/mol. The zero-order valence-corrected chi connectivity index (χ0v) is 23.0. The molecule has 10 heteroatoms. The van der Waals surface area contributed by atoms with Crippen molar-refractivity contribution in [2.75, 3.05) is 64.0 Å². The molecule has 1 unspecified atom stereocenters. The average Bonchev–Trinajstić information content (AvgIpc) is 3.29. The highest BCUT2D eigenvalue weighted by Gasteiger charge is 2.71. The molecule has 1 aromatic carbocycles. The summed E-state index contributed by atoms with van der Waals surface area (Å²) in [5, 5.41) is 9.92. The van der Waals surface area contributed by atoms with Crippen LogP contribution in [0, 0.1) is 11.8 Å². The predicted molar refractivity (Wildman–Crippen MR) is 149 cm³/mol. The molecular formula is C29H36N4O5S. The molecule has 5 aliphatic rings. The number of aliphatic hydroxyl groups is 1. The fourth-order valence-electron chi connectivity index (χ4n) is 6.81. The van der Waals surface area contributed by atoms with Gasteiger partial charge < -0.3 is 24.5 Å². The van der Waals surface area contributed by atoms with Crippen LogP contribution in [-0.2, 0) is 19.1 Å². The molecule has 1 aromatic rings. The molecule has 1 spiro atoms. The molecule has 6 rings (SSSR count). The Bertz CT molecular complexity index is 1170. The highest BCUT2D eigenvalue weighted by atomic mass is 32.2. The van der Waals surface area contributed by atoms with Crippen LogP contribution in [0.3, 0.4) is 0 Å². The van der Waals surface area contributed by atoms with E-state index in [1.807, 2.05) is 59.5 Å².